The van der Waals surface area contributed by atoms with Gasteiger partial charge in [-0.2, -0.15) is 0 Å². The lowest BCUT2D eigenvalue weighted by Crippen LogP contribution is -2.40. The Morgan fingerprint density at radius 1 is 1.08 bits per heavy atom. The SMILES string of the molecule is CC.CC(C)(C)C(C)(C)O.CCC.CCCN(Cc1ncc(-c2ccc(Br)cc2)[nH]1)C(=O)CNC(=O)OC. The smallest absolute Gasteiger partial charge is 0.407 e. The largest absolute Gasteiger partial charge is 0.453 e. The molecule has 0 saturated carbocycles. The van der Waals surface area contributed by atoms with Crippen LogP contribution in [-0.2, 0) is 16.1 Å². The number of methoxy groups -OCH3 is 1. The van der Waals surface area contributed by atoms with E-state index in [1.54, 1.807) is 11.1 Å². The van der Waals surface area contributed by atoms with Crippen LogP contribution >= 0.6 is 15.9 Å². The molecule has 1 aromatic carbocycles. The molecule has 1 aromatic heterocycles. The summed E-state index contributed by atoms with van der Waals surface area (Å²) in [4.78, 5) is 32.6. The molecule has 0 radical (unpaired) electrons. The molecular formula is C29H51BrN4O4. The zero-order valence-electron chi connectivity index (χ0n) is 25.4. The molecule has 0 aliphatic rings. The van der Waals surface area contributed by atoms with E-state index in [1.165, 1.54) is 13.5 Å². The summed E-state index contributed by atoms with van der Waals surface area (Å²) in [5, 5.41) is 11.8. The van der Waals surface area contributed by atoms with E-state index in [0.29, 0.717) is 18.9 Å². The van der Waals surface area contributed by atoms with Crippen LogP contribution in [0.25, 0.3) is 11.3 Å². The molecule has 9 heteroatoms. The molecular weight excluding hydrogens is 548 g/mol. The quantitative estimate of drug-likeness (QED) is 0.313. The molecule has 0 saturated heterocycles. The molecule has 2 rings (SSSR count). The number of alkyl carbamates (subject to hydrolysis) is 1. The third-order valence-corrected chi connectivity index (χ3v) is 5.90. The van der Waals surface area contributed by atoms with Crippen LogP contribution < -0.4 is 5.32 Å². The molecule has 218 valence electrons. The number of hydrogen-bond donors (Lipinski definition) is 3. The number of hydrogen-bond acceptors (Lipinski definition) is 5. The first-order valence-corrected chi connectivity index (χ1v) is 14.1. The van der Waals surface area contributed by atoms with E-state index >= 15 is 0 Å². The zero-order valence-corrected chi connectivity index (χ0v) is 27.0. The highest BCUT2D eigenvalue weighted by Crippen LogP contribution is 2.28. The molecule has 3 N–H and O–H groups in total. The molecule has 1 heterocycles. The summed E-state index contributed by atoms with van der Waals surface area (Å²) in [6.45, 7) is 20.8. The van der Waals surface area contributed by atoms with E-state index < -0.39 is 11.7 Å². The monoisotopic (exact) mass is 598 g/mol. The number of aliphatic hydroxyl groups is 1. The number of benzene rings is 1. The minimum absolute atomic E-state index is 0.00694. The van der Waals surface area contributed by atoms with Crippen LogP contribution in [-0.4, -0.2) is 57.8 Å². The molecule has 0 fully saturated rings. The number of aromatic amines is 1. The van der Waals surface area contributed by atoms with Gasteiger partial charge in [-0.1, -0.05) is 89.9 Å². The van der Waals surface area contributed by atoms with Crippen molar-refractivity contribution in [3.05, 3.63) is 40.8 Å². The van der Waals surface area contributed by atoms with Crippen molar-refractivity contribution in [2.45, 2.75) is 94.2 Å². The minimum atomic E-state index is -0.625. The maximum absolute atomic E-state index is 12.3. The highest BCUT2D eigenvalue weighted by molar-refractivity contribution is 9.10. The topological polar surface area (TPSA) is 108 Å². The molecule has 38 heavy (non-hydrogen) atoms. The van der Waals surface area contributed by atoms with Gasteiger partial charge < -0.3 is 25.0 Å². The van der Waals surface area contributed by atoms with Crippen molar-refractivity contribution in [1.82, 2.24) is 20.2 Å². The number of nitrogens with one attached hydrogen (secondary N) is 2. The number of rotatable bonds is 7. The molecule has 0 atom stereocenters. The number of halogens is 1. The third kappa shape index (κ3) is 15.8. The van der Waals surface area contributed by atoms with Gasteiger partial charge in [-0.05, 0) is 43.4 Å². The maximum atomic E-state index is 12.3. The Hall–Kier alpha value is -2.39. The van der Waals surface area contributed by atoms with Crippen molar-refractivity contribution in [2.24, 2.45) is 5.41 Å². The summed E-state index contributed by atoms with van der Waals surface area (Å²) in [6, 6.07) is 7.88. The van der Waals surface area contributed by atoms with Crippen LogP contribution in [0.3, 0.4) is 0 Å². The van der Waals surface area contributed by atoms with E-state index in [0.717, 1.165) is 22.2 Å². The molecule has 0 unspecified atom stereocenters. The van der Waals surface area contributed by atoms with Gasteiger partial charge in [0.15, 0.2) is 0 Å². The summed E-state index contributed by atoms with van der Waals surface area (Å²) in [5.74, 6) is 0.506. The fourth-order valence-electron chi connectivity index (χ4n) is 2.29. The molecule has 8 nitrogen and oxygen atoms in total. The van der Waals surface area contributed by atoms with Gasteiger partial charge in [0.05, 0.1) is 31.1 Å². The zero-order chi connectivity index (χ0) is 29.9. The summed E-state index contributed by atoms with van der Waals surface area (Å²) in [6.07, 6.45) is 3.18. The number of aromatic nitrogens is 2. The van der Waals surface area contributed by atoms with Crippen LogP contribution in [0.15, 0.2) is 34.9 Å². The number of nitrogens with zero attached hydrogens (tertiary/aromatic N) is 2. The molecule has 0 spiro atoms. The second-order valence-electron chi connectivity index (χ2n) is 9.93. The molecule has 2 aromatic rings. The van der Waals surface area contributed by atoms with E-state index in [9.17, 15) is 14.7 Å². The number of carbonyl (C=O) groups is 2. The van der Waals surface area contributed by atoms with Crippen LogP contribution in [0, 0.1) is 5.41 Å². The highest BCUT2D eigenvalue weighted by atomic mass is 79.9. The van der Waals surface area contributed by atoms with Gasteiger partial charge in [0.1, 0.15) is 12.4 Å². The number of ether oxygens (including phenoxy) is 1. The number of H-pyrrole nitrogens is 1. The van der Waals surface area contributed by atoms with Crippen LogP contribution in [0.4, 0.5) is 4.79 Å². The van der Waals surface area contributed by atoms with Gasteiger partial charge in [-0.25, -0.2) is 9.78 Å². The van der Waals surface area contributed by atoms with Gasteiger partial charge in [0.2, 0.25) is 5.91 Å². The summed E-state index contributed by atoms with van der Waals surface area (Å²) in [7, 11) is 1.26. The fourth-order valence-corrected chi connectivity index (χ4v) is 2.56. The summed E-state index contributed by atoms with van der Waals surface area (Å²) < 4.78 is 5.48. The van der Waals surface area contributed by atoms with Crippen molar-refractivity contribution >= 4 is 27.9 Å². The van der Waals surface area contributed by atoms with Crippen molar-refractivity contribution in [3.63, 3.8) is 0 Å². The number of amides is 2. The van der Waals surface area contributed by atoms with Gasteiger partial charge in [-0.15, -0.1) is 0 Å². The van der Waals surface area contributed by atoms with Crippen molar-refractivity contribution < 1.29 is 19.4 Å². The Balaban J connectivity index is 0. The van der Waals surface area contributed by atoms with Gasteiger partial charge in [-0.3, -0.25) is 4.79 Å². The van der Waals surface area contributed by atoms with Crippen LogP contribution in [0.2, 0.25) is 0 Å². The number of imidazole rings is 1. The first kappa shape index (κ1) is 37.8. The van der Waals surface area contributed by atoms with Gasteiger partial charge in [0, 0.05) is 11.0 Å². The summed E-state index contributed by atoms with van der Waals surface area (Å²) >= 11 is 3.41. The Morgan fingerprint density at radius 3 is 2.00 bits per heavy atom. The Morgan fingerprint density at radius 2 is 1.58 bits per heavy atom. The Bertz CT molecular complexity index is 889. The van der Waals surface area contributed by atoms with Crippen LogP contribution in [0.1, 0.15) is 87.9 Å². The van der Waals surface area contributed by atoms with E-state index in [2.05, 4.69) is 49.8 Å². The molecule has 0 bridgehead atoms. The normalized spacial score (nSPS) is 10.4. The predicted molar refractivity (Wildman–Crippen MR) is 161 cm³/mol. The van der Waals surface area contributed by atoms with Gasteiger partial charge >= 0.3 is 6.09 Å². The first-order valence-electron chi connectivity index (χ1n) is 13.3. The highest BCUT2D eigenvalue weighted by Gasteiger charge is 2.29. The van der Waals surface area contributed by atoms with E-state index in [-0.39, 0.29) is 17.9 Å². The van der Waals surface area contributed by atoms with E-state index in [4.69, 9.17) is 0 Å². The average Bonchev–Trinajstić information content (AvgIpc) is 3.32. The number of carbonyl (C=O) groups excluding carboxylic acids is 2. The Labute approximate surface area is 239 Å². The summed E-state index contributed by atoms with van der Waals surface area (Å²) in [5.41, 5.74) is 1.33. The minimum Gasteiger partial charge on any atom is -0.453 e. The van der Waals surface area contributed by atoms with Crippen molar-refractivity contribution in [2.75, 3.05) is 20.2 Å². The van der Waals surface area contributed by atoms with E-state index in [1.807, 2.05) is 79.7 Å². The first-order chi connectivity index (χ1) is 17.7. The molecule has 0 aliphatic heterocycles. The molecule has 0 aliphatic carbocycles. The van der Waals surface area contributed by atoms with Gasteiger partial charge in [0.25, 0.3) is 0 Å². The predicted octanol–water partition coefficient (Wildman–Crippen LogP) is 7.18. The van der Waals surface area contributed by atoms with Crippen molar-refractivity contribution in [3.8, 4) is 11.3 Å². The third-order valence-electron chi connectivity index (χ3n) is 5.38. The molecule has 2 amide bonds. The standard InChI is InChI=1S/C17H21BrN4O3.C7H16O.C3H8.C2H6/c1-3-8-22(16(23)10-20-17(24)25-2)11-15-19-9-14(21-15)12-4-6-13(18)7-5-12;1-6(2,3)7(4,5)8;1-3-2;1-2/h4-7,9H,3,8,10-11H2,1-2H3,(H,19,21)(H,20,24);8H,1-5H3;3H2,1-2H3;1-2H3. The van der Waals surface area contributed by atoms with Crippen LogP contribution in [0.5, 0.6) is 0 Å². The fraction of sp³-hybridized carbons (Fsp3) is 0.621. The lowest BCUT2D eigenvalue weighted by Gasteiger charge is -2.33. The maximum Gasteiger partial charge on any atom is 0.407 e. The van der Waals surface area contributed by atoms with Crippen molar-refractivity contribution in [1.29, 1.82) is 0 Å². The lowest BCUT2D eigenvalue weighted by molar-refractivity contribution is -0.130. The second-order valence-corrected chi connectivity index (χ2v) is 10.8. The average molecular weight is 600 g/mol. The Kier molecular flexibility index (Phi) is 19.5. The lowest BCUT2D eigenvalue weighted by atomic mass is 9.79. The second kappa shape index (κ2) is 19.6.